The Morgan fingerprint density at radius 1 is 1.47 bits per heavy atom. The summed E-state index contributed by atoms with van der Waals surface area (Å²) in [4.78, 5) is 22.5. The average Bonchev–Trinajstić information content (AvgIpc) is 2.61. The quantitative estimate of drug-likeness (QED) is 0.366. The molecule has 0 aromatic heterocycles. The van der Waals surface area contributed by atoms with Crippen LogP contribution >= 0.6 is 0 Å². The van der Waals surface area contributed by atoms with Gasteiger partial charge in [-0.1, -0.05) is 38.3 Å². The Bertz CT molecular complexity index is 350. The molecule has 5 heteroatoms. The van der Waals surface area contributed by atoms with Gasteiger partial charge in [-0.05, 0) is 6.42 Å². The lowest BCUT2D eigenvalue weighted by atomic mass is 9.93. The van der Waals surface area contributed by atoms with Gasteiger partial charge in [0.25, 0.3) is 0 Å². The number of aliphatic hydroxyl groups is 2. The summed E-state index contributed by atoms with van der Waals surface area (Å²) in [5.41, 5.74) is 0. The molecule has 1 fully saturated rings. The van der Waals surface area contributed by atoms with Crippen LogP contribution in [0.5, 0.6) is 0 Å². The number of aliphatic carboxylic acids is 1. The van der Waals surface area contributed by atoms with Crippen molar-refractivity contribution < 1.29 is 24.9 Å². The molecule has 0 heterocycles. The first-order valence-corrected chi connectivity index (χ1v) is 6.77. The first-order valence-electron chi connectivity index (χ1n) is 6.77. The number of carbonyl (C=O) groups is 2. The van der Waals surface area contributed by atoms with Gasteiger partial charge in [-0.3, -0.25) is 9.59 Å². The summed E-state index contributed by atoms with van der Waals surface area (Å²) in [7, 11) is 0. The van der Waals surface area contributed by atoms with Crippen molar-refractivity contribution in [3.05, 3.63) is 12.2 Å². The highest BCUT2D eigenvalue weighted by Gasteiger charge is 2.44. The van der Waals surface area contributed by atoms with Gasteiger partial charge in [0.15, 0.2) is 0 Å². The van der Waals surface area contributed by atoms with Crippen molar-refractivity contribution in [1.29, 1.82) is 0 Å². The fourth-order valence-corrected chi connectivity index (χ4v) is 2.40. The van der Waals surface area contributed by atoms with Crippen LogP contribution in [0.2, 0.25) is 0 Å². The van der Waals surface area contributed by atoms with E-state index in [4.69, 9.17) is 5.11 Å². The molecule has 3 N–H and O–H groups in total. The first-order chi connectivity index (χ1) is 8.97. The first kappa shape index (κ1) is 15.9. The van der Waals surface area contributed by atoms with Gasteiger partial charge in [-0.25, -0.2) is 0 Å². The summed E-state index contributed by atoms with van der Waals surface area (Å²) < 4.78 is 0. The number of unbranched alkanes of at least 4 members (excludes halogenated alkanes) is 2. The Balaban J connectivity index is 2.58. The summed E-state index contributed by atoms with van der Waals surface area (Å²) in [6, 6.07) is 0. The van der Waals surface area contributed by atoms with Crippen LogP contribution in [0.15, 0.2) is 12.2 Å². The molecule has 108 valence electrons. The summed E-state index contributed by atoms with van der Waals surface area (Å²) in [6.45, 7) is 2.07. The number of Topliss-reactive ketones (excluding diaryl/α,β-unsaturated/α-hetero) is 1. The van der Waals surface area contributed by atoms with Crippen molar-refractivity contribution in [3.63, 3.8) is 0 Å². The Labute approximate surface area is 112 Å². The van der Waals surface area contributed by atoms with Crippen LogP contribution in [-0.2, 0) is 9.59 Å². The van der Waals surface area contributed by atoms with Crippen LogP contribution in [0.4, 0.5) is 0 Å². The molecular weight excluding hydrogens is 248 g/mol. The number of rotatable bonds is 7. The molecule has 0 bridgehead atoms. The molecule has 0 radical (unpaired) electrons. The van der Waals surface area contributed by atoms with Gasteiger partial charge in [-0.2, -0.15) is 0 Å². The maximum absolute atomic E-state index is 11.5. The van der Waals surface area contributed by atoms with Gasteiger partial charge in [0.1, 0.15) is 11.7 Å². The highest BCUT2D eigenvalue weighted by atomic mass is 16.4. The van der Waals surface area contributed by atoms with E-state index in [9.17, 15) is 19.8 Å². The van der Waals surface area contributed by atoms with Gasteiger partial charge >= 0.3 is 5.97 Å². The maximum atomic E-state index is 11.5. The van der Waals surface area contributed by atoms with Gasteiger partial charge < -0.3 is 15.3 Å². The second-order valence-corrected chi connectivity index (χ2v) is 5.08. The Kier molecular flexibility index (Phi) is 6.18. The molecule has 0 aromatic carbocycles. The third-order valence-corrected chi connectivity index (χ3v) is 3.51. The van der Waals surface area contributed by atoms with E-state index in [2.05, 4.69) is 6.92 Å². The Morgan fingerprint density at radius 2 is 2.16 bits per heavy atom. The van der Waals surface area contributed by atoms with Crippen LogP contribution in [-0.4, -0.2) is 39.3 Å². The number of hydrogen-bond acceptors (Lipinski definition) is 4. The van der Waals surface area contributed by atoms with E-state index >= 15 is 0 Å². The molecule has 5 nitrogen and oxygen atoms in total. The monoisotopic (exact) mass is 270 g/mol. The van der Waals surface area contributed by atoms with Crippen LogP contribution in [0.25, 0.3) is 0 Å². The second kappa shape index (κ2) is 7.40. The number of ketones is 1. The standard InChI is InChI=1S/C14H22O5/c1-2-3-4-5-9(15)6-7-10-11(16)8-12(17)13(10)14(18)19/h6-7,9-11,13,15-16H,2-5,8H2,1H3,(H,18,19). The average molecular weight is 270 g/mol. The van der Waals surface area contributed by atoms with Gasteiger partial charge in [0.2, 0.25) is 0 Å². The lowest BCUT2D eigenvalue weighted by molar-refractivity contribution is -0.146. The predicted octanol–water partition coefficient (Wildman–Crippen LogP) is 1.13. The molecular formula is C14H22O5. The molecule has 0 aromatic rings. The minimum absolute atomic E-state index is 0.127. The molecule has 0 aliphatic heterocycles. The summed E-state index contributed by atoms with van der Waals surface area (Å²) >= 11 is 0. The molecule has 4 atom stereocenters. The highest BCUT2D eigenvalue weighted by Crippen LogP contribution is 2.30. The normalized spacial score (nSPS) is 29.0. The van der Waals surface area contributed by atoms with Crippen molar-refractivity contribution in [2.75, 3.05) is 0 Å². The molecule has 19 heavy (non-hydrogen) atoms. The summed E-state index contributed by atoms with van der Waals surface area (Å²) in [6.07, 6.45) is 4.84. The van der Waals surface area contributed by atoms with E-state index in [0.29, 0.717) is 6.42 Å². The van der Waals surface area contributed by atoms with E-state index in [1.54, 1.807) is 0 Å². The van der Waals surface area contributed by atoms with Gasteiger partial charge in [0, 0.05) is 12.3 Å². The number of hydrogen-bond donors (Lipinski definition) is 3. The number of carboxylic acids is 1. The van der Waals surface area contributed by atoms with Crippen LogP contribution in [0, 0.1) is 11.8 Å². The summed E-state index contributed by atoms with van der Waals surface area (Å²) in [5, 5.41) is 28.4. The number of carbonyl (C=O) groups excluding carboxylic acids is 1. The molecule has 1 saturated carbocycles. The largest absolute Gasteiger partial charge is 0.481 e. The second-order valence-electron chi connectivity index (χ2n) is 5.08. The van der Waals surface area contributed by atoms with Crippen molar-refractivity contribution >= 4 is 11.8 Å². The smallest absolute Gasteiger partial charge is 0.314 e. The van der Waals surface area contributed by atoms with Gasteiger partial charge in [-0.15, -0.1) is 0 Å². The minimum Gasteiger partial charge on any atom is -0.481 e. The Hall–Kier alpha value is -1.20. The predicted molar refractivity (Wildman–Crippen MR) is 69.5 cm³/mol. The van der Waals surface area contributed by atoms with Crippen molar-refractivity contribution in [3.8, 4) is 0 Å². The zero-order chi connectivity index (χ0) is 14.4. The third-order valence-electron chi connectivity index (χ3n) is 3.51. The zero-order valence-electron chi connectivity index (χ0n) is 11.2. The van der Waals surface area contributed by atoms with E-state index in [-0.39, 0.29) is 6.42 Å². The molecule has 1 aliphatic carbocycles. The minimum atomic E-state index is -1.21. The van der Waals surface area contributed by atoms with Crippen LogP contribution < -0.4 is 0 Å². The highest BCUT2D eigenvalue weighted by molar-refractivity contribution is 6.01. The van der Waals surface area contributed by atoms with Crippen LogP contribution in [0.3, 0.4) is 0 Å². The lowest BCUT2D eigenvalue weighted by Gasteiger charge is -2.14. The SMILES string of the molecule is CCCCCC(O)C=CC1C(O)CC(=O)C1C(=O)O. The molecule has 1 aliphatic rings. The fraction of sp³-hybridized carbons (Fsp3) is 0.714. The topological polar surface area (TPSA) is 94.8 Å². The third kappa shape index (κ3) is 4.44. The van der Waals surface area contributed by atoms with Crippen LogP contribution in [0.1, 0.15) is 39.0 Å². The van der Waals surface area contributed by atoms with E-state index in [1.165, 1.54) is 12.2 Å². The number of carboxylic acid groups (broad SMARTS) is 1. The molecule has 1 rings (SSSR count). The molecule has 0 saturated heterocycles. The number of aliphatic hydroxyl groups excluding tert-OH is 2. The van der Waals surface area contributed by atoms with Crippen molar-refractivity contribution in [1.82, 2.24) is 0 Å². The van der Waals surface area contributed by atoms with E-state index in [1.807, 2.05) is 0 Å². The summed E-state index contributed by atoms with van der Waals surface area (Å²) in [5.74, 6) is -3.58. The van der Waals surface area contributed by atoms with E-state index < -0.39 is 35.8 Å². The van der Waals surface area contributed by atoms with Gasteiger partial charge in [0.05, 0.1) is 12.2 Å². The fourth-order valence-electron chi connectivity index (χ4n) is 2.40. The zero-order valence-corrected chi connectivity index (χ0v) is 11.2. The van der Waals surface area contributed by atoms with Crippen molar-refractivity contribution in [2.45, 2.75) is 51.2 Å². The maximum Gasteiger partial charge on any atom is 0.314 e. The molecule has 0 amide bonds. The van der Waals surface area contributed by atoms with Crippen molar-refractivity contribution in [2.24, 2.45) is 11.8 Å². The van der Waals surface area contributed by atoms with E-state index in [0.717, 1.165) is 19.3 Å². The molecule has 0 spiro atoms. The molecule has 4 unspecified atom stereocenters. The Morgan fingerprint density at radius 3 is 2.74 bits per heavy atom. The lowest BCUT2D eigenvalue weighted by Crippen LogP contribution is -2.26.